The van der Waals surface area contributed by atoms with E-state index in [1.165, 1.54) is 0 Å². The van der Waals surface area contributed by atoms with Gasteiger partial charge in [-0.05, 0) is 84.9 Å². The number of pyridine rings is 4. The van der Waals surface area contributed by atoms with Gasteiger partial charge in [0.15, 0.2) is 0 Å². The molecule has 0 amide bonds. The number of hydrogen-bond acceptors (Lipinski definition) is 6. The number of benzene rings is 3. The molecule has 0 aliphatic rings. The summed E-state index contributed by atoms with van der Waals surface area (Å²) >= 11 is 0. The Morgan fingerprint density at radius 3 is 1.70 bits per heavy atom. The maximum atomic E-state index is 6.62. The molecule has 0 bridgehead atoms. The zero-order valence-corrected chi connectivity index (χ0v) is 24.0. The molecular weight excluding hydrogens is 572 g/mol. The largest absolute Gasteiger partial charge is 0.456 e. The summed E-state index contributed by atoms with van der Waals surface area (Å²) in [6.07, 6.45) is 11.1. The smallest absolute Gasteiger partial charge is 0.147 e. The van der Waals surface area contributed by atoms with Crippen LogP contribution in [-0.2, 0) is 0 Å². The lowest BCUT2D eigenvalue weighted by atomic mass is 10.1. The zero-order chi connectivity index (χ0) is 29.9. The summed E-state index contributed by atoms with van der Waals surface area (Å²) in [7, 11) is 0. The van der Waals surface area contributed by atoms with Crippen LogP contribution < -0.4 is 0 Å². The van der Waals surface area contributed by atoms with Crippen molar-refractivity contribution in [1.82, 2.24) is 29.1 Å². The molecule has 8 heteroatoms. The van der Waals surface area contributed by atoms with E-state index >= 15 is 0 Å². The standard InChI is InChI=1S/C38H20N6O2/c1-3-26-23-11-15-39-19-30(23)43(37(26)41-13-1)21-5-8-32-28(17-21)25-7-10-34-35(36(25)46-32)29-18-22(6-9-33(29)45-34)44-31-20-40-16-12-24(31)27-4-2-14-42-38(27)44/h1-20H. The van der Waals surface area contributed by atoms with Crippen molar-refractivity contribution in [2.45, 2.75) is 0 Å². The van der Waals surface area contributed by atoms with E-state index in [4.69, 9.17) is 18.8 Å². The van der Waals surface area contributed by atoms with Gasteiger partial charge in [0, 0.05) is 73.9 Å². The lowest BCUT2D eigenvalue weighted by Crippen LogP contribution is -1.95. The van der Waals surface area contributed by atoms with Gasteiger partial charge >= 0.3 is 0 Å². The average Bonchev–Trinajstić information content (AvgIpc) is 3.85. The van der Waals surface area contributed by atoms with E-state index in [1.54, 1.807) is 0 Å². The van der Waals surface area contributed by atoms with Gasteiger partial charge in [-0.15, -0.1) is 0 Å². The third kappa shape index (κ3) is 3.02. The van der Waals surface area contributed by atoms with E-state index in [9.17, 15) is 0 Å². The Hall–Kier alpha value is -6.54. The van der Waals surface area contributed by atoms with Crippen LogP contribution in [0.5, 0.6) is 0 Å². The van der Waals surface area contributed by atoms with Gasteiger partial charge in [-0.3, -0.25) is 19.1 Å². The van der Waals surface area contributed by atoms with E-state index in [0.717, 1.165) is 99.1 Å². The molecule has 0 saturated heterocycles. The summed E-state index contributed by atoms with van der Waals surface area (Å²) in [4.78, 5) is 18.4. The zero-order valence-electron chi connectivity index (χ0n) is 24.0. The van der Waals surface area contributed by atoms with Crippen LogP contribution in [0, 0.1) is 0 Å². The maximum Gasteiger partial charge on any atom is 0.147 e. The highest BCUT2D eigenvalue weighted by molar-refractivity contribution is 6.22. The summed E-state index contributed by atoms with van der Waals surface area (Å²) in [6, 6.07) is 28.9. The Balaban J connectivity index is 1.17. The molecule has 8 aromatic heterocycles. The minimum atomic E-state index is 0.776. The second kappa shape index (κ2) is 8.55. The first kappa shape index (κ1) is 23.9. The van der Waals surface area contributed by atoms with Crippen molar-refractivity contribution in [2.75, 3.05) is 0 Å². The molecule has 0 atom stereocenters. The van der Waals surface area contributed by atoms with E-state index in [1.807, 2.05) is 79.6 Å². The van der Waals surface area contributed by atoms with Crippen molar-refractivity contribution in [3.8, 4) is 11.4 Å². The Morgan fingerprint density at radius 1 is 0.457 bits per heavy atom. The van der Waals surface area contributed by atoms with Crippen molar-refractivity contribution in [2.24, 2.45) is 0 Å². The van der Waals surface area contributed by atoms with Crippen molar-refractivity contribution >= 4 is 87.7 Å². The second-order valence-electron chi connectivity index (χ2n) is 11.6. The first-order valence-corrected chi connectivity index (χ1v) is 15.0. The van der Waals surface area contributed by atoms with Crippen molar-refractivity contribution in [3.63, 3.8) is 0 Å². The number of rotatable bonds is 2. The third-order valence-corrected chi connectivity index (χ3v) is 9.21. The molecule has 0 saturated carbocycles. The van der Waals surface area contributed by atoms with Gasteiger partial charge in [-0.2, -0.15) is 0 Å². The summed E-state index contributed by atoms with van der Waals surface area (Å²) in [5, 5.41) is 8.37. The topological polar surface area (TPSA) is 87.7 Å². The van der Waals surface area contributed by atoms with Crippen LogP contribution in [-0.4, -0.2) is 29.1 Å². The molecule has 214 valence electrons. The van der Waals surface area contributed by atoms with Crippen LogP contribution in [0.3, 0.4) is 0 Å². The van der Waals surface area contributed by atoms with Gasteiger partial charge < -0.3 is 8.83 Å². The van der Waals surface area contributed by atoms with Gasteiger partial charge in [0.25, 0.3) is 0 Å². The molecule has 0 spiro atoms. The highest BCUT2D eigenvalue weighted by Gasteiger charge is 2.20. The summed E-state index contributed by atoms with van der Waals surface area (Å²) in [5.41, 5.74) is 8.93. The van der Waals surface area contributed by atoms with Gasteiger partial charge in [-0.25, -0.2) is 9.97 Å². The molecule has 0 fully saturated rings. The number of aromatic nitrogens is 6. The molecule has 46 heavy (non-hydrogen) atoms. The molecular formula is C38H20N6O2. The number of fused-ring (bicyclic) bond motifs is 13. The second-order valence-corrected chi connectivity index (χ2v) is 11.6. The number of hydrogen-bond donors (Lipinski definition) is 0. The van der Waals surface area contributed by atoms with Crippen LogP contribution in [0.15, 0.2) is 131 Å². The molecule has 0 unspecified atom stereocenters. The summed E-state index contributed by atoms with van der Waals surface area (Å²) < 4.78 is 17.3. The molecule has 3 aromatic carbocycles. The molecule has 8 heterocycles. The van der Waals surface area contributed by atoms with Crippen molar-refractivity contribution in [1.29, 1.82) is 0 Å². The molecule has 11 aromatic rings. The van der Waals surface area contributed by atoms with Gasteiger partial charge in [0.1, 0.15) is 33.6 Å². The minimum absolute atomic E-state index is 0.776. The Bertz CT molecular complexity index is 2950. The van der Waals surface area contributed by atoms with Crippen molar-refractivity contribution in [3.05, 3.63) is 122 Å². The number of furan rings is 2. The first-order valence-electron chi connectivity index (χ1n) is 15.0. The van der Waals surface area contributed by atoms with Crippen LogP contribution in [0.2, 0.25) is 0 Å². The number of nitrogens with zero attached hydrogens (tertiary/aromatic N) is 6. The Labute approximate surface area is 258 Å². The molecule has 11 rings (SSSR count). The van der Waals surface area contributed by atoms with E-state index < -0.39 is 0 Å². The molecule has 8 nitrogen and oxygen atoms in total. The summed E-state index contributed by atoms with van der Waals surface area (Å²) in [5.74, 6) is 0. The Morgan fingerprint density at radius 2 is 1.04 bits per heavy atom. The fraction of sp³-hybridized carbons (Fsp3) is 0. The van der Waals surface area contributed by atoms with E-state index in [2.05, 4.69) is 61.6 Å². The Kier molecular flexibility index (Phi) is 4.43. The lowest BCUT2D eigenvalue weighted by molar-refractivity contribution is 0.662. The van der Waals surface area contributed by atoms with Crippen LogP contribution in [0.1, 0.15) is 0 Å². The SMILES string of the molecule is c1cnc2c(c1)c1ccncc1n2-c1ccc2oc3c(ccc4oc5ccc(-n6c7cnccc7c7cccnc76)cc5c43)c2c1. The van der Waals surface area contributed by atoms with Crippen molar-refractivity contribution < 1.29 is 8.83 Å². The lowest BCUT2D eigenvalue weighted by Gasteiger charge is -2.06. The predicted octanol–water partition coefficient (Wildman–Crippen LogP) is 9.26. The fourth-order valence-electron chi connectivity index (χ4n) is 7.26. The van der Waals surface area contributed by atoms with Crippen LogP contribution >= 0.6 is 0 Å². The first-order chi connectivity index (χ1) is 22.8. The quantitative estimate of drug-likeness (QED) is 0.199. The van der Waals surface area contributed by atoms with Gasteiger partial charge in [-0.1, -0.05) is 0 Å². The molecule has 0 radical (unpaired) electrons. The average molecular weight is 593 g/mol. The molecule has 0 N–H and O–H groups in total. The van der Waals surface area contributed by atoms with Gasteiger partial charge in [0.2, 0.25) is 0 Å². The third-order valence-electron chi connectivity index (χ3n) is 9.21. The normalized spacial score (nSPS) is 12.3. The minimum Gasteiger partial charge on any atom is -0.456 e. The van der Waals surface area contributed by atoms with Crippen LogP contribution in [0.4, 0.5) is 0 Å². The van der Waals surface area contributed by atoms with E-state index in [0.29, 0.717) is 0 Å². The highest BCUT2D eigenvalue weighted by atomic mass is 16.3. The monoisotopic (exact) mass is 592 g/mol. The highest BCUT2D eigenvalue weighted by Crippen LogP contribution is 2.41. The van der Waals surface area contributed by atoms with Crippen LogP contribution in [0.25, 0.3) is 99.1 Å². The molecule has 0 aliphatic carbocycles. The van der Waals surface area contributed by atoms with E-state index in [-0.39, 0.29) is 0 Å². The van der Waals surface area contributed by atoms with Gasteiger partial charge in [0.05, 0.1) is 28.8 Å². The summed E-state index contributed by atoms with van der Waals surface area (Å²) in [6.45, 7) is 0. The maximum absolute atomic E-state index is 6.62. The fourth-order valence-corrected chi connectivity index (χ4v) is 7.26. The predicted molar refractivity (Wildman–Crippen MR) is 181 cm³/mol. The molecule has 0 aliphatic heterocycles.